The van der Waals surface area contributed by atoms with Gasteiger partial charge in [0.2, 0.25) is 0 Å². The van der Waals surface area contributed by atoms with Gasteiger partial charge in [-0.05, 0) is 45.4 Å². The van der Waals surface area contributed by atoms with Gasteiger partial charge in [0.1, 0.15) is 0 Å². The molecule has 0 aromatic heterocycles. The van der Waals surface area contributed by atoms with E-state index in [4.69, 9.17) is 4.74 Å². The van der Waals surface area contributed by atoms with E-state index in [1.807, 2.05) is 0 Å². The van der Waals surface area contributed by atoms with Gasteiger partial charge in [0.25, 0.3) is 0 Å². The van der Waals surface area contributed by atoms with Crippen LogP contribution in [0.2, 0.25) is 0 Å². The molecular formula is C17H35NO2. The van der Waals surface area contributed by atoms with Crippen molar-refractivity contribution >= 4 is 0 Å². The summed E-state index contributed by atoms with van der Waals surface area (Å²) >= 11 is 0. The standard InChI is InChI=1S/C17H35NO2/c1-3-4-5-6-8-13-20-14-9-7-12-17(2,15-19)18-16-10-11-16/h16,18-19H,3-15H2,1-2H3. The monoisotopic (exact) mass is 285 g/mol. The molecule has 120 valence electrons. The number of nitrogens with one attached hydrogen (secondary N) is 1. The first-order valence-corrected chi connectivity index (χ1v) is 8.66. The van der Waals surface area contributed by atoms with Crippen LogP contribution in [0.5, 0.6) is 0 Å². The summed E-state index contributed by atoms with van der Waals surface area (Å²) in [4.78, 5) is 0. The number of aliphatic hydroxyl groups is 1. The molecule has 3 nitrogen and oxygen atoms in total. The van der Waals surface area contributed by atoms with Crippen LogP contribution in [0, 0.1) is 0 Å². The molecular weight excluding hydrogens is 250 g/mol. The summed E-state index contributed by atoms with van der Waals surface area (Å²) in [6, 6.07) is 0.659. The van der Waals surface area contributed by atoms with Gasteiger partial charge in [-0.25, -0.2) is 0 Å². The van der Waals surface area contributed by atoms with E-state index in [0.29, 0.717) is 6.04 Å². The molecule has 1 unspecified atom stereocenters. The number of aliphatic hydroxyl groups excluding tert-OH is 1. The van der Waals surface area contributed by atoms with Gasteiger partial charge in [-0.3, -0.25) is 0 Å². The molecule has 1 aliphatic carbocycles. The number of rotatable bonds is 14. The van der Waals surface area contributed by atoms with Crippen molar-refractivity contribution in [3.05, 3.63) is 0 Å². The Morgan fingerprint density at radius 2 is 1.70 bits per heavy atom. The number of hydrogen-bond acceptors (Lipinski definition) is 3. The highest BCUT2D eigenvalue weighted by Crippen LogP contribution is 2.24. The largest absolute Gasteiger partial charge is 0.394 e. The van der Waals surface area contributed by atoms with Crippen LogP contribution in [0.15, 0.2) is 0 Å². The lowest BCUT2D eigenvalue weighted by molar-refractivity contribution is 0.118. The van der Waals surface area contributed by atoms with Crippen molar-refractivity contribution in [3.8, 4) is 0 Å². The van der Waals surface area contributed by atoms with Crippen LogP contribution in [0.3, 0.4) is 0 Å². The molecule has 0 bridgehead atoms. The lowest BCUT2D eigenvalue weighted by atomic mass is 9.95. The van der Waals surface area contributed by atoms with Crippen LogP contribution in [-0.2, 0) is 4.74 Å². The first-order chi connectivity index (χ1) is 9.70. The fourth-order valence-electron chi connectivity index (χ4n) is 2.55. The molecule has 3 heteroatoms. The SMILES string of the molecule is CCCCCCCOCCCCC(C)(CO)NC1CC1. The minimum atomic E-state index is -0.0820. The highest BCUT2D eigenvalue weighted by Gasteiger charge is 2.31. The predicted molar refractivity (Wildman–Crippen MR) is 85.1 cm³/mol. The highest BCUT2D eigenvalue weighted by molar-refractivity contribution is 4.92. The minimum Gasteiger partial charge on any atom is -0.394 e. The Labute approximate surface area is 125 Å². The maximum atomic E-state index is 9.51. The number of ether oxygens (including phenoxy) is 1. The van der Waals surface area contributed by atoms with E-state index < -0.39 is 0 Å². The van der Waals surface area contributed by atoms with E-state index in [9.17, 15) is 5.11 Å². The van der Waals surface area contributed by atoms with Gasteiger partial charge in [0.05, 0.1) is 6.61 Å². The first kappa shape index (κ1) is 17.9. The molecule has 20 heavy (non-hydrogen) atoms. The van der Waals surface area contributed by atoms with E-state index >= 15 is 0 Å². The van der Waals surface area contributed by atoms with Crippen LogP contribution in [0.4, 0.5) is 0 Å². The molecule has 1 aliphatic rings. The van der Waals surface area contributed by atoms with E-state index in [0.717, 1.165) is 32.5 Å². The molecule has 1 rings (SSSR count). The van der Waals surface area contributed by atoms with Crippen molar-refractivity contribution in [1.29, 1.82) is 0 Å². The van der Waals surface area contributed by atoms with Gasteiger partial charge in [-0.2, -0.15) is 0 Å². The molecule has 1 atom stereocenters. The molecule has 2 N–H and O–H groups in total. The topological polar surface area (TPSA) is 41.5 Å². The quantitative estimate of drug-likeness (QED) is 0.479. The van der Waals surface area contributed by atoms with E-state index in [-0.39, 0.29) is 12.1 Å². The number of unbranched alkanes of at least 4 members (excludes halogenated alkanes) is 5. The predicted octanol–water partition coefficient (Wildman–Crippen LogP) is 3.65. The molecule has 0 heterocycles. The maximum Gasteiger partial charge on any atom is 0.0610 e. The zero-order valence-electron chi connectivity index (χ0n) is 13.6. The maximum absolute atomic E-state index is 9.51. The normalized spacial score (nSPS) is 18.1. The van der Waals surface area contributed by atoms with Gasteiger partial charge in [-0.15, -0.1) is 0 Å². The third kappa shape index (κ3) is 8.93. The summed E-state index contributed by atoms with van der Waals surface area (Å²) < 4.78 is 5.67. The lowest BCUT2D eigenvalue weighted by Crippen LogP contribution is -2.46. The molecule has 0 amide bonds. The Morgan fingerprint density at radius 1 is 1.05 bits per heavy atom. The van der Waals surface area contributed by atoms with E-state index in [2.05, 4.69) is 19.2 Å². The smallest absolute Gasteiger partial charge is 0.0610 e. The van der Waals surface area contributed by atoms with Gasteiger partial charge in [0.15, 0.2) is 0 Å². The summed E-state index contributed by atoms with van der Waals surface area (Å²) in [6.45, 7) is 6.41. The Morgan fingerprint density at radius 3 is 2.30 bits per heavy atom. The Hall–Kier alpha value is -0.120. The van der Waals surface area contributed by atoms with E-state index in [1.165, 1.54) is 44.9 Å². The van der Waals surface area contributed by atoms with Crippen LogP contribution in [-0.4, -0.2) is 36.5 Å². The third-order valence-electron chi connectivity index (χ3n) is 4.14. The van der Waals surface area contributed by atoms with Crippen molar-refractivity contribution in [2.45, 2.75) is 89.6 Å². The van der Waals surface area contributed by atoms with Crippen LogP contribution >= 0.6 is 0 Å². The molecule has 0 radical (unpaired) electrons. The zero-order valence-corrected chi connectivity index (χ0v) is 13.6. The van der Waals surface area contributed by atoms with Crippen molar-refractivity contribution < 1.29 is 9.84 Å². The van der Waals surface area contributed by atoms with Gasteiger partial charge in [-0.1, -0.05) is 32.6 Å². The summed E-state index contributed by atoms with van der Waals surface area (Å²) in [7, 11) is 0. The first-order valence-electron chi connectivity index (χ1n) is 8.66. The van der Waals surface area contributed by atoms with Crippen molar-refractivity contribution in [1.82, 2.24) is 5.32 Å². The highest BCUT2D eigenvalue weighted by atomic mass is 16.5. The average Bonchev–Trinajstić information content (AvgIpc) is 3.25. The molecule has 0 aromatic rings. The molecule has 0 aromatic carbocycles. The van der Waals surface area contributed by atoms with Crippen LogP contribution < -0.4 is 5.32 Å². The number of hydrogen-bond donors (Lipinski definition) is 2. The van der Waals surface area contributed by atoms with Crippen LogP contribution in [0.1, 0.15) is 78.1 Å². The Bertz CT molecular complexity index is 231. The third-order valence-corrected chi connectivity index (χ3v) is 4.14. The molecule has 0 saturated heterocycles. The zero-order chi connectivity index (χ0) is 14.7. The van der Waals surface area contributed by atoms with Crippen molar-refractivity contribution in [2.75, 3.05) is 19.8 Å². The fourth-order valence-corrected chi connectivity index (χ4v) is 2.55. The summed E-state index contributed by atoms with van der Waals surface area (Å²) in [6.07, 6.45) is 12.4. The minimum absolute atomic E-state index is 0.0820. The molecule has 0 spiro atoms. The van der Waals surface area contributed by atoms with E-state index in [1.54, 1.807) is 0 Å². The second kappa shape index (κ2) is 10.6. The molecule has 1 fully saturated rings. The Balaban J connectivity index is 1.87. The van der Waals surface area contributed by atoms with Crippen molar-refractivity contribution in [3.63, 3.8) is 0 Å². The lowest BCUT2D eigenvalue weighted by Gasteiger charge is -2.29. The summed E-state index contributed by atoms with van der Waals surface area (Å²) in [5.74, 6) is 0. The van der Waals surface area contributed by atoms with Crippen molar-refractivity contribution in [2.24, 2.45) is 0 Å². The summed E-state index contributed by atoms with van der Waals surface area (Å²) in [5, 5.41) is 13.1. The Kier molecular flexibility index (Phi) is 9.49. The fraction of sp³-hybridized carbons (Fsp3) is 1.00. The summed E-state index contributed by atoms with van der Waals surface area (Å²) in [5.41, 5.74) is -0.0820. The molecule has 0 aliphatic heterocycles. The second-order valence-electron chi connectivity index (χ2n) is 6.62. The average molecular weight is 285 g/mol. The van der Waals surface area contributed by atoms with Gasteiger partial charge >= 0.3 is 0 Å². The van der Waals surface area contributed by atoms with Gasteiger partial charge < -0.3 is 15.2 Å². The van der Waals surface area contributed by atoms with Gasteiger partial charge in [0, 0.05) is 24.8 Å². The molecule has 1 saturated carbocycles. The second-order valence-corrected chi connectivity index (χ2v) is 6.62. The van der Waals surface area contributed by atoms with Crippen LogP contribution in [0.25, 0.3) is 0 Å².